The highest BCUT2D eigenvalue weighted by atomic mass is 32.2. The maximum Gasteiger partial charge on any atom is 0.293 e. The van der Waals surface area contributed by atoms with Crippen LogP contribution in [0.2, 0.25) is 0 Å². The monoisotopic (exact) mass is 436 g/mol. The maximum absolute atomic E-state index is 13.5. The van der Waals surface area contributed by atoms with Crippen LogP contribution in [0.5, 0.6) is 0 Å². The molecule has 1 saturated heterocycles. The number of fused-ring (bicyclic) bond motifs is 2. The Morgan fingerprint density at radius 3 is 3.16 bits per heavy atom. The first-order chi connectivity index (χ1) is 15.2. The van der Waals surface area contributed by atoms with Crippen LogP contribution in [0.25, 0.3) is 11.0 Å². The molecule has 0 saturated carbocycles. The fraction of sp³-hybridized carbons (Fsp3) is 0.381. The average molecular weight is 437 g/mol. The summed E-state index contributed by atoms with van der Waals surface area (Å²) >= 11 is 1.49. The van der Waals surface area contributed by atoms with Gasteiger partial charge in [0.2, 0.25) is 5.95 Å². The van der Waals surface area contributed by atoms with Crippen LogP contribution >= 0.6 is 12.1 Å². The molecule has 0 radical (unpaired) electrons. The van der Waals surface area contributed by atoms with Gasteiger partial charge in [-0.25, -0.2) is 9.67 Å². The number of piperidine rings is 1. The highest BCUT2D eigenvalue weighted by Crippen LogP contribution is 2.31. The van der Waals surface area contributed by atoms with Crippen LogP contribution in [0, 0.1) is 11.8 Å². The van der Waals surface area contributed by atoms with E-state index in [1.54, 1.807) is 13.1 Å². The molecule has 0 amide bonds. The van der Waals surface area contributed by atoms with Gasteiger partial charge in [0.05, 0.1) is 37.1 Å². The van der Waals surface area contributed by atoms with E-state index in [1.165, 1.54) is 16.8 Å². The molecule has 31 heavy (non-hydrogen) atoms. The number of hydrogen-bond acceptors (Lipinski definition) is 8. The molecule has 160 valence electrons. The van der Waals surface area contributed by atoms with Crippen molar-refractivity contribution in [3.05, 3.63) is 52.4 Å². The smallest absolute Gasteiger partial charge is 0.293 e. The Balaban J connectivity index is 1.57. The van der Waals surface area contributed by atoms with Crippen LogP contribution in [0.15, 0.2) is 46.8 Å². The van der Waals surface area contributed by atoms with Gasteiger partial charge >= 0.3 is 0 Å². The zero-order valence-corrected chi connectivity index (χ0v) is 18.1. The fourth-order valence-electron chi connectivity index (χ4n) is 4.14. The molecule has 0 unspecified atom stereocenters. The van der Waals surface area contributed by atoms with Crippen molar-refractivity contribution in [2.75, 3.05) is 18.0 Å². The number of allylic oxidation sites excluding steroid dienone is 3. The standard InChI is InChI=1S/C21H24N8OS/c1-2-3-9-27-19-17(25-21(27)26-8-5-7-16(22)14-26)11-23-28(20(19)30)13-15-6-4-10-29-18(15)12-24-31-29/h4,6,10-12,16,24H,5,7-9,13-14,22H2,1H3/t16-/m1/s1. The fourth-order valence-corrected chi connectivity index (χ4v) is 4.82. The molecular weight excluding hydrogens is 412 g/mol. The van der Waals surface area contributed by atoms with E-state index in [2.05, 4.69) is 26.6 Å². The number of nitrogens with one attached hydrogen (secondary N) is 1. The van der Waals surface area contributed by atoms with Crippen LogP contribution in [0.3, 0.4) is 0 Å². The highest BCUT2D eigenvalue weighted by molar-refractivity contribution is 7.95. The van der Waals surface area contributed by atoms with Gasteiger partial charge in [0.25, 0.3) is 5.56 Å². The molecule has 3 aliphatic heterocycles. The van der Waals surface area contributed by atoms with Crippen molar-refractivity contribution in [1.82, 2.24) is 28.4 Å². The molecule has 2 aromatic rings. The Hall–Kier alpha value is -3.16. The van der Waals surface area contributed by atoms with E-state index in [1.807, 2.05) is 33.4 Å². The quantitative estimate of drug-likeness (QED) is 0.547. The number of nitrogens with two attached hydrogens (primary N) is 1. The predicted octanol–water partition coefficient (Wildman–Crippen LogP) is 1.31. The van der Waals surface area contributed by atoms with Crippen LogP contribution in [0.1, 0.15) is 19.8 Å². The van der Waals surface area contributed by atoms with Crippen molar-refractivity contribution in [3.8, 4) is 11.8 Å². The molecule has 0 aromatic carbocycles. The van der Waals surface area contributed by atoms with E-state index in [-0.39, 0.29) is 11.6 Å². The number of hydrogen-bond donors (Lipinski definition) is 2. The van der Waals surface area contributed by atoms with Crippen LogP contribution in [0.4, 0.5) is 5.95 Å². The SMILES string of the molecule is CC#CCn1c(N2CCC[C@@H](N)C2)nc2cnn(CC3=CC=CN4SNC=C34)c(=O)c21. The minimum atomic E-state index is -0.170. The number of imidazole rings is 1. The first-order valence-electron chi connectivity index (χ1n) is 10.3. The Morgan fingerprint density at radius 2 is 2.32 bits per heavy atom. The molecule has 5 rings (SSSR count). The third-order valence-corrected chi connectivity index (χ3v) is 6.38. The molecular formula is C21H24N8OS. The highest BCUT2D eigenvalue weighted by Gasteiger charge is 2.25. The maximum atomic E-state index is 13.5. The molecule has 0 spiro atoms. The van der Waals surface area contributed by atoms with Crippen LogP contribution < -0.4 is 20.9 Å². The second kappa shape index (κ2) is 8.17. The lowest BCUT2D eigenvalue weighted by molar-refractivity contribution is 0.496. The Morgan fingerprint density at radius 1 is 1.42 bits per heavy atom. The first kappa shape index (κ1) is 19.8. The number of anilines is 1. The van der Waals surface area contributed by atoms with Crippen molar-refractivity contribution >= 4 is 29.1 Å². The van der Waals surface area contributed by atoms with Crippen molar-refractivity contribution in [2.24, 2.45) is 5.73 Å². The van der Waals surface area contributed by atoms with Gasteiger partial charge in [-0.05, 0) is 31.4 Å². The van der Waals surface area contributed by atoms with Gasteiger partial charge in [-0.2, -0.15) is 5.10 Å². The molecule has 5 heterocycles. The van der Waals surface area contributed by atoms with Crippen molar-refractivity contribution in [2.45, 2.75) is 38.9 Å². The van der Waals surface area contributed by atoms with Crippen LogP contribution in [-0.4, -0.2) is 42.8 Å². The summed E-state index contributed by atoms with van der Waals surface area (Å²) in [5.41, 5.74) is 9.18. The normalized spacial score (nSPS) is 20.1. The Bertz CT molecular complexity index is 1230. The molecule has 0 bridgehead atoms. The van der Waals surface area contributed by atoms with Gasteiger partial charge in [-0.3, -0.25) is 13.7 Å². The third-order valence-electron chi connectivity index (χ3n) is 5.64. The predicted molar refractivity (Wildman–Crippen MR) is 123 cm³/mol. The van der Waals surface area contributed by atoms with Gasteiger partial charge in [0.1, 0.15) is 11.0 Å². The van der Waals surface area contributed by atoms with E-state index < -0.39 is 0 Å². The van der Waals surface area contributed by atoms with Gasteiger partial charge < -0.3 is 15.4 Å². The second-order valence-corrected chi connectivity index (χ2v) is 8.52. The van der Waals surface area contributed by atoms with E-state index in [9.17, 15) is 4.79 Å². The summed E-state index contributed by atoms with van der Waals surface area (Å²) in [5.74, 6) is 6.77. The molecule has 9 nitrogen and oxygen atoms in total. The molecule has 3 aliphatic rings. The first-order valence-corrected chi connectivity index (χ1v) is 11.1. The van der Waals surface area contributed by atoms with Gasteiger partial charge in [0, 0.05) is 31.5 Å². The summed E-state index contributed by atoms with van der Waals surface area (Å²) in [6, 6.07) is 0.106. The number of rotatable bonds is 4. The lowest BCUT2D eigenvalue weighted by Crippen LogP contribution is -2.44. The van der Waals surface area contributed by atoms with Gasteiger partial charge in [-0.15, -0.1) is 5.92 Å². The number of aromatic nitrogens is 4. The van der Waals surface area contributed by atoms with E-state index in [0.717, 1.165) is 43.1 Å². The van der Waals surface area contributed by atoms with Crippen molar-refractivity contribution < 1.29 is 0 Å². The van der Waals surface area contributed by atoms with Gasteiger partial charge in [-0.1, -0.05) is 12.0 Å². The Labute approximate surface area is 184 Å². The lowest BCUT2D eigenvalue weighted by Gasteiger charge is -2.31. The van der Waals surface area contributed by atoms with Crippen molar-refractivity contribution in [3.63, 3.8) is 0 Å². The largest absolute Gasteiger partial charge is 0.341 e. The summed E-state index contributed by atoms with van der Waals surface area (Å²) in [7, 11) is 0. The van der Waals surface area contributed by atoms with E-state index in [0.29, 0.717) is 24.1 Å². The summed E-state index contributed by atoms with van der Waals surface area (Å²) in [6.07, 6.45) is 11.6. The Kier molecular flexibility index (Phi) is 5.21. The lowest BCUT2D eigenvalue weighted by atomic mass is 10.1. The minimum absolute atomic E-state index is 0.106. The average Bonchev–Trinajstić information content (AvgIpc) is 3.40. The topological polar surface area (TPSA) is 97.2 Å². The minimum Gasteiger partial charge on any atom is -0.341 e. The molecule has 0 aliphatic carbocycles. The molecule has 1 fully saturated rings. The molecule has 2 aromatic heterocycles. The van der Waals surface area contributed by atoms with E-state index in [4.69, 9.17) is 10.7 Å². The second-order valence-electron chi connectivity index (χ2n) is 7.71. The summed E-state index contributed by atoms with van der Waals surface area (Å²) in [4.78, 5) is 20.4. The third kappa shape index (κ3) is 3.60. The summed E-state index contributed by atoms with van der Waals surface area (Å²) < 4.78 is 8.57. The number of nitrogens with zero attached hydrogens (tertiary/aromatic N) is 6. The van der Waals surface area contributed by atoms with E-state index >= 15 is 0 Å². The summed E-state index contributed by atoms with van der Waals surface area (Å²) in [6.45, 7) is 4.16. The summed E-state index contributed by atoms with van der Waals surface area (Å²) in [5, 5.41) is 4.42. The van der Waals surface area contributed by atoms with Gasteiger partial charge in [0.15, 0.2) is 0 Å². The molecule has 10 heteroatoms. The molecule has 3 N–H and O–H groups in total. The molecule has 1 atom stereocenters. The zero-order valence-electron chi connectivity index (χ0n) is 17.3. The van der Waals surface area contributed by atoms with Crippen LogP contribution in [-0.2, 0) is 13.1 Å². The zero-order chi connectivity index (χ0) is 21.4. The van der Waals surface area contributed by atoms with Crippen molar-refractivity contribution in [1.29, 1.82) is 0 Å².